The van der Waals surface area contributed by atoms with Crippen LogP contribution in [-0.4, -0.2) is 26.2 Å². The van der Waals surface area contributed by atoms with Crippen molar-refractivity contribution in [3.63, 3.8) is 0 Å². The summed E-state index contributed by atoms with van der Waals surface area (Å²) in [6.45, 7) is 1.33. The second-order valence-corrected chi connectivity index (χ2v) is 6.76. The molecule has 2 aromatic heterocycles. The van der Waals surface area contributed by atoms with E-state index < -0.39 is 11.9 Å². The van der Waals surface area contributed by atoms with Crippen molar-refractivity contribution >= 4 is 23.3 Å². The van der Waals surface area contributed by atoms with E-state index in [0.29, 0.717) is 17.9 Å². The SMILES string of the molecule is COC(=O)c1cc(C(=O)OC)cc(-c2ccc(CNCc3cccs3)o2)c1. The lowest BCUT2D eigenvalue weighted by Crippen LogP contribution is -2.10. The van der Waals surface area contributed by atoms with Gasteiger partial charge in [-0.15, -0.1) is 11.3 Å². The number of thiophene rings is 1. The predicted octanol–water partition coefficient (Wildman–Crippen LogP) is 3.87. The minimum Gasteiger partial charge on any atom is -0.465 e. The molecule has 0 bridgehead atoms. The van der Waals surface area contributed by atoms with Crippen LogP contribution in [0.2, 0.25) is 0 Å². The molecule has 3 aromatic rings. The van der Waals surface area contributed by atoms with Gasteiger partial charge in [0.2, 0.25) is 0 Å². The van der Waals surface area contributed by atoms with Gasteiger partial charge in [-0.25, -0.2) is 9.59 Å². The number of esters is 2. The minimum absolute atomic E-state index is 0.254. The van der Waals surface area contributed by atoms with Gasteiger partial charge in [-0.05, 0) is 41.8 Å². The normalized spacial score (nSPS) is 10.6. The molecule has 3 rings (SSSR count). The molecule has 0 unspecified atom stereocenters. The molecule has 0 saturated carbocycles. The standard InChI is InChI=1S/C20H19NO5S/c1-24-19(22)14-8-13(9-15(10-14)20(23)25-2)18-6-5-16(26-18)11-21-12-17-4-3-7-27-17/h3-10,21H,11-12H2,1-2H3. The number of rotatable bonds is 7. The van der Waals surface area contributed by atoms with Crippen LogP contribution < -0.4 is 5.32 Å². The number of carbonyl (C=O) groups is 2. The largest absolute Gasteiger partial charge is 0.465 e. The third-order valence-corrected chi connectivity index (χ3v) is 4.78. The molecule has 0 amide bonds. The Bertz CT molecular complexity index is 896. The highest BCUT2D eigenvalue weighted by atomic mass is 32.1. The molecule has 7 heteroatoms. The van der Waals surface area contributed by atoms with Crippen molar-refractivity contribution in [3.05, 3.63) is 69.6 Å². The molecule has 140 valence electrons. The van der Waals surface area contributed by atoms with E-state index in [9.17, 15) is 9.59 Å². The molecule has 0 aliphatic heterocycles. The molecule has 1 N–H and O–H groups in total. The van der Waals surface area contributed by atoms with Crippen LogP contribution in [0.5, 0.6) is 0 Å². The average molecular weight is 385 g/mol. The van der Waals surface area contributed by atoms with Gasteiger partial charge < -0.3 is 19.2 Å². The van der Waals surface area contributed by atoms with Crippen LogP contribution in [0.1, 0.15) is 31.4 Å². The topological polar surface area (TPSA) is 77.8 Å². The minimum atomic E-state index is -0.536. The molecular weight excluding hydrogens is 366 g/mol. The van der Waals surface area contributed by atoms with Crippen molar-refractivity contribution in [3.8, 4) is 11.3 Å². The lowest BCUT2D eigenvalue weighted by atomic mass is 10.0. The van der Waals surface area contributed by atoms with Crippen molar-refractivity contribution in [1.29, 1.82) is 0 Å². The summed E-state index contributed by atoms with van der Waals surface area (Å²) >= 11 is 1.69. The molecule has 6 nitrogen and oxygen atoms in total. The van der Waals surface area contributed by atoms with Crippen molar-refractivity contribution in [1.82, 2.24) is 5.32 Å². The molecule has 0 atom stereocenters. The predicted molar refractivity (Wildman–Crippen MR) is 102 cm³/mol. The third kappa shape index (κ3) is 4.64. The second kappa shape index (κ2) is 8.66. The number of carbonyl (C=O) groups excluding carboxylic acids is 2. The summed E-state index contributed by atoms with van der Waals surface area (Å²) in [6, 6.07) is 12.4. The number of ether oxygens (including phenoxy) is 2. The second-order valence-electron chi connectivity index (χ2n) is 5.73. The van der Waals surface area contributed by atoms with Crippen LogP contribution in [0.25, 0.3) is 11.3 Å². The van der Waals surface area contributed by atoms with Crippen molar-refractivity contribution in [2.45, 2.75) is 13.1 Å². The number of benzene rings is 1. The Hall–Kier alpha value is -2.90. The van der Waals surface area contributed by atoms with Crippen LogP contribution in [-0.2, 0) is 22.6 Å². The van der Waals surface area contributed by atoms with Gasteiger partial charge in [-0.1, -0.05) is 6.07 Å². The van der Waals surface area contributed by atoms with E-state index in [2.05, 4.69) is 11.4 Å². The summed E-state index contributed by atoms with van der Waals surface area (Å²) in [5.41, 5.74) is 1.11. The molecule has 0 radical (unpaired) electrons. The number of methoxy groups -OCH3 is 2. The van der Waals surface area contributed by atoms with Crippen molar-refractivity contribution in [2.24, 2.45) is 0 Å². The fraction of sp³-hybridized carbons (Fsp3) is 0.200. The Labute approximate surface area is 160 Å². The maximum absolute atomic E-state index is 11.9. The highest BCUT2D eigenvalue weighted by molar-refractivity contribution is 7.09. The van der Waals surface area contributed by atoms with E-state index in [1.54, 1.807) is 29.5 Å². The number of hydrogen-bond donors (Lipinski definition) is 1. The maximum Gasteiger partial charge on any atom is 0.337 e. The maximum atomic E-state index is 11.9. The van der Waals surface area contributed by atoms with Crippen LogP contribution in [0.4, 0.5) is 0 Å². The Kier molecular flexibility index (Phi) is 6.05. The molecule has 0 saturated heterocycles. The molecule has 2 heterocycles. The van der Waals surface area contributed by atoms with Crippen molar-refractivity contribution in [2.75, 3.05) is 14.2 Å². The summed E-state index contributed by atoms with van der Waals surface area (Å²) in [7, 11) is 2.58. The first-order valence-electron chi connectivity index (χ1n) is 8.24. The van der Waals surface area contributed by atoms with E-state index in [1.807, 2.05) is 17.5 Å². The number of hydrogen-bond acceptors (Lipinski definition) is 7. The molecular formula is C20H19NO5S. The Morgan fingerprint density at radius 1 is 1.00 bits per heavy atom. The zero-order valence-electron chi connectivity index (χ0n) is 15.0. The summed E-state index contributed by atoms with van der Waals surface area (Å²) in [5.74, 6) is 0.237. The van der Waals surface area contributed by atoms with E-state index >= 15 is 0 Å². The third-order valence-electron chi connectivity index (χ3n) is 3.90. The van der Waals surface area contributed by atoms with Gasteiger partial charge in [-0.2, -0.15) is 0 Å². The quantitative estimate of drug-likeness (QED) is 0.622. The molecule has 1 aromatic carbocycles. The Balaban J connectivity index is 1.79. The summed E-state index contributed by atoms with van der Waals surface area (Å²) in [5, 5.41) is 5.35. The van der Waals surface area contributed by atoms with E-state index in [4.69, 9.17) is 13.9 Å². The Morgan fingerprint density at radius 3 is 2.30 bits per heavy atom. The average Bonchev–Trinajstić information content (AvgIpc) is 3.38. The van der Waals surface area contributed by atoms with Gasteiger partial charge in [0.15, 0.2) is 0 Å². The van der Waals surface area contributed by atoms with Gasteiger partial charge in [0.25, 0.3) is 0 Å². The van der Waals surface area contributed by atoms with Crippen molar-refractivity contribution < 1.29 is 23.5 Å². The lowest BCUT2D eigenvalue weighted by molar-refractivity contribution is 0.0599. The zero-order chi connectivity index (χ0) is 19.2. The monoisotopic (exact) mass is 385 g/mol. The smallest absolute Gasteiger partial charge is 0.337 e. The summed E-state index contributed by atoms with van der Waals surface area (Å²) < 4.78 is 15.4. The lowest BCUT2D eigenvalue weighted by Gasteiger charge is -2.06. The molecule has 0 fully saturated rings. The van der Waals surface area contributed by atoms with Crippen LogP contribution >= 0.6 is 11.3 Å². The molecule has 0 aliphatic rings. The number of furan rings is 1. The first kappa shape index (κ1) is 18.9. The van der Waals surface area contributed by atoms with Crippen LogP contribution in [0, 0.1) is 0 Å². The zero-order valence-corrected chi connectivity index (χ0v) is 15.8. The molecule has 27 heavy (non-hydrogen) atoms. The number of nitrogens with one attached hydrogen (secondary N) is 1. The van der Waals surface area contributed by atoms with E-state index in [1.165, 1.54) is 25.2 Å². The van der Waals surface area contributed by atoms with Gasteiger partial charge in [0.05, 0.1) is 31.9 Å². The highest BCUT2D eigenvalue weighted by Gasteiger charge is 2.16. The van der Waals surface area contributed by atoms with Crippen LogP contribution in [0.15, 0.2) is 52.3 Å². The highest BCUT2D eigenvalue weighted by Crippen LogP contribution is 2.26. The summed E-state index contributed by atoms with van der Waals surface area (Å²) in [6.07, 6.45) is 0. The first-order valence-corrected chi connectivity index (χ1v) is 9.12. The van der Waals surface area contributed by atoms with E-state index in [0.717, 1.165) is 12.3 Å². The van der Waals surface area contributed by atoms with Gasteiger partial charge in [-0.3, -0.25) is 0 Å². The first-order chi connectivity index (χ1) is 13.1. The van der Waals surface area contributed by atoms with Gasteiger partial charge in [0, 0.05) is 17.0 Å². The Morgan fingerprint density at radius 2 is 1.70 bits per heavy atom. The summed E-state index contributed by atoms with van der Waals surface area (Å²) in [4.78, 5) is 25.1. The van der Waals surface area contributed by atoms with E-state index in [-0.39, 0.29) is 11.1 Å². The fourth-order valence-corrected chi connectivity index (χ4v) is 3.27. The molecule has 0 spiro atoms. The van der Waals surface area contributed by atoms with Gasteiger partial charge >= 0.3 is 11.9 Å². The van der Waals surface area contributed by atoms with Crippen LogP contribution in [0.3, 0.4) is 0 Å². The fourth-order valence-electron chi connectivity index (χ4n) is 2.59. The molecule has 0 aliphatic carbocycles. The van der Waals surface area contributed by atoms with Gasteiger partial charge in [0.1, 0.15) is 11.5 Å².